The minimum Gasteiger partial charge on any atom is -0.490 e. The van der Waals surface area contributed by atoms with Crippen LogP contribution in [0.1, 0.15) is 12.5 Å². The van der Waals surface area contributed by atoms with Gasteiger partial charge in [-0.15, -0.1) is 0 Å². The normalized spacial score (nSPS) is 10.8. The van der Waals surface area contributed by atoms with Crippen LogP contribution in [-0.2, 0) is 11.2 Å². The zero-order valence-electron chi connectivity index (χ0n) is 17.7. The molecule has 7 heteroatoms. The number of fused-ring (bicyclic) bond motifs is 1. The highest BCUT2D eigenvalue weighted by molar-refractivity contribution is 6.33. The molecule has 0 aliphatic rings. The summed E-state index contributed by atoms with van der Waals surface area (Å²) in [5, 5.41) is 3.32. The molecule has 0 aliphatic heterocycles. The fourth-order valence-corrected chi connectivity index (χ4v) is 3.61. The Morgan fingerprint density at radius 2 is 1.78 bits per heavy atom. The monoisotopic (exact) mass is 449 g/mol. The van der Waals surface area contributed by atoms with E-state index in [0.29, 0.717) is 41.1 Å². The Morgan fingerprint density at radius 1 is 1.03 bits per heavy atom. The predicted molar refractivity (Wildman–Crippen MR) is 126 cm³/mol. The summed E-state index contributed by atoms with van der Waals surface area (Å²) in [5.41, 5.74) is 3.64. The number of para-hydroxylation sites is 2. The first kappa shape index (κ1) is 21.7. The molecule has 4 rings (SSSR count). The number of nitrogens with zero attached hydrogens (tertiary/aromatic N) is 1. The van der Waals surface area contributed by atoms with Crippen LogP contribution in [0, 0.1) is 0 Å². The van der Waals surface area contributed by atoms with Gasteiger partial charge in [0.05, 0.1) is 22.7 Å². The maximum Gasteiger partial charge on any atom is 0.257 e. The van der Waals surface area contributed by atoms with E-state index in [2.05, 4.69) is 15.3 Å². The topological polar surface area (TPSA) is 76.2 Å². The molecule has 6 nitrogen and oxygen atoms in total. The Labute approximate surface area is 191 Å². The lowest BCUT2D eigenvalue weighted by Crippen LogP contribution is -2.30. The second-order valence-corrected chi connectivity index (χ2v) is 7.60. The maximum absolute atomic E-state index is 12.2. The first-order valence-electron chi connectivity index (χ1n) is 10.5. The first-order valence-corrected chi connectivity index (χ1v) is 10.9. The highest BCUT2D eigenvalue weighted by Crippen LogP contribution is 2.38. The van der Waals surface area contributed by atoms with Crippen LogP contribution in [0.5, 0.6) is 11.5 Å². The second-order valence-electron chi connectivity index (χ2n) is 7.19. The minimum absolute atomic E-state index is 0.130. The Bertz CT molecular complexity index is 1170. The molecule has 1 aromatic heterocycles. The molecule has 2 N–H and O–H groups in total. The molecule has 0 fully saturated rings. The summed E-state index contributed by atoms with van der Waals surface area (Å²) in [6.45, 7) is 2.74. The number of carbonyl (C=O) groups excluding carboxylic acids is 1. The standard InChI is InChI=1S/C25H24ClN3O3/c1-2-31-22-14-18(25-28-20-10-6-7-11-21(20)29-25)19(26)15-23(22)32-16-24(30)27-13-12-17-8-4-3-5-9-17/h3-11,14-15H,2,12-13,16H2,1H3,(H,27,30)(H,28,29). The molecule has 0 saturated carbocycles. The predicted octanol–water partition coefficient (Wildman–Crippen LogP) is 5.02. The summed E-state index contributed by atoms with van der Waals surface area (Å²) in [4.78, 5) is 20.1. The van der Waals surface area contributed by atoms with Crippen LogP contribution in [0.3, 0.4) is 0 Å². The molecular formula is C25H24ClN3O3. The van der Waals surface area contributed by atoms with E-state index in [-0.39, 0.29) is 12.5 Å². The molecule has 0 atom stereocenters. The second kappa shape index (κ2) is 10.2. The molecule has 0 unspecified atom stereocenters. The van der Waals surface area contributed by atoms with Crippen molar-refractivity contribution in [3.63, 3.8) is 0 Å². The van der Waals surface area contributed by atoms with Gasteiger partial charge in [0.2, 0.25) is 0 Å². The average molecular weight is 450 g/mol. The van der Waals surface area contributed by atoms with Crippen molar-refractivity contribution in [2.45, 2.75) is 13.3 Å². The zero-order chi connectivity index (χ0) is 22.3. The van der Waals surface area contributed by atoms with Crippen molar-refractivity contribution in [3.05, 3.63) is 77.3 Å². The number of hydrogen-bond acceptors (Lipinski definition) is 4. The Kier molecular flexibility index (Phi) is 6.92. The van der Waals surface area contributed by atoms with E-state index >= 15 is 0 Å². The molecule has 164 valence electrons. The van der Waals surface area contributed by atoms with Crippen LogP contribution in [-0.4, -0.2) is 35.6 Å². The summed E-state index contributed by atoms with van der Waals surface area (Å²) in [6.07, 6.45) is 0.759. The maximum atomic E-state index is 12.2. The lowest BCUT2D eigenvalue weighted by atomic mass is 10.1. The van der Waals surface area contributed by atoms with E-state index in [0.717, 1.165) is 17.5 Å². The number of ether oxygens (including phenoxy) is 2. The van der Waals surface area contributed by atoms with Crippen LogP contribution < -0.4 is 14.8 Å². The number of aromatic amines is 1. The number of amides is 1. The summed E-state index contributed by atoms with van der Waals surface area (Å²) < 4.78 is 11.5. The number of nitrogens with one attached hydrogen (secondary N) is 2. The van der Waals surface area contributed by atoms with E-state index in [1.54, 1.807) is 12.1 Å². The third kappa shape index (κ3) is 5.21. The molecule has 0 aliphatic carbocycles. The lowest BCUT2D eigenvalue weighted by Gasteiger charge is -2.14. The number of imidazole rings is 1. The van der Waals surface area contributed by atoms with Gasteiger partial charge in [-0.2, -0.15) is 0 Å². The van der Waals surface area contributed by atoms with Crippen LogP contribution in [0.25, 0.3) is 22.4 Å². The van der Waals surface area contributed by atoms with Gasteiger partial charge in [-0.25, -0.2) is 4.98 Å². The first-order chi connectivity index (χ1) is 15.6. The smallest absolute Gasteiger partial charge is 0.257 e. The van der Waals surface area contributed by atoms with Crippen molar-refractivity contribution in [1.29, 1.82) is 0 Å². The van der Waals surface area contributed by atoms with E-state index in [1.807, 2.05) is 61.5 Å². The number of hydrogen-bond donors (Lipinski definition) is 2. The van der Waals surface area contributed by atoms with Crippen molar-refractivity contribution in [3.8, 4) is 22.9 Å². The molecule has 4 aromatic rings. The fourth-order valence-electron chi connectivity index (χ4n) is 3.36. The van der Waals surface area contributed by atoms with Crippen LogP contribution >= 0.6 is 11.6 Å². The Balaban J connectivity index is 1.44. The van der Waals surface area contributed by atoms with Gasteiger partial charge in [-0.3, -0.25) is 4.79 Å². The van der Waals surface area contributed by atoms with Gasteiger partial charge >= 0.3 is 0 Å². The summed E-state index contributed by atoms with van der Waals surface area (Å²) >= 11 is 6.53. The largest absolute Gasteiger partial charge is 0.490 e. The SMILES string of the molecule is CCOc1cc(-c2nc3ccccc3[nH]2)c(Cl)cc1OCC(=O)NCCc1ccccc1. The number of H-pyrrole nitrogens is 1. The van der Waals surface area contributed by atoms with Crippen molar-refractivity contribution in [2.24, 2.45) is 0 Å². The van der Waals surface area contributed by atoms with Gasteiger partial charge in [0.25, 0.3) is 5.91 Å². The summed E-state index contributed by atoms with van der Waals surface area (Å²) in [7, 11) is 0. The van der Waals surface area contributed by atoms with Gasteiger partial charge in [-0.1, -0.05) is 54.1 Å². The number of carbonyl (C=O) groups is 1. The zero-order valence-corrected chi connectivity index (χ0v) is 18.5. The highest BCUT2D eigenvalue weighted by Gasteiger charge is 2.16. The van der Waals surface area contributed by atoms with Gasteiger partial charge in [0.1, 0.15) is 5.82 Å². The molecule has 1 heterocycles. The number of aromatic nitrogens is 2. The van der Waals surface area contributed by atoms with Crippen molar-refractivity contribution >= 4 is 28.5 Å². The molecule has 0 saturated heterocycles. The van der Waals surface area contributed by atoms with Gasteiger partial charge < -0.3 is 19.8 Å². The number of benzene rings is 3. The molecule has 32 heavy (non-hydrogen) atoms. The minimum atomic E-state index is -0.208. The van der Waals surface area contributed by atoms with Crippen LogP contribution in [0.4, 0.5) is 0 Å². The molecule has 0 spiro atoms. The number of halogens is 1. The third-order valence-electron chi connectivity index (χ3n) is 4.92. The van der Waals surface area contributed by atoms with Crippen molar-refractivity contribution in [1.82, 2.24) is 15.3 Å². The molecule has 1 amide bonds. The lowest BCUT2D eigenvalue weighted by molar-refractivity contribution is -0.123. The van der Waals surface area contributed by atoms with Gasteiger partial charge in [0, 0.05) is 18.2 Å². The highest BCUT2D eigenvalue weighted by atomic mass is 35.5. The molecule has 3 aromatic carbocycles. The fraction of sp³-hybridized carbons (Fsp3) is 0.200. The van der Waals surface area contributed by atoms with E-state index in [4.69, 9.17) is 21.1 Å². The quantitative estimate of drug-likeness (QED) is 0.376. The van der Waals surface area contributed by atoms with Crippen molar-refractivity contribution in [2.75, 3.05) is 19.8 Å². The molecule has 0 radical (unpaired) electrons. The van der Waals surface area contributed by atoms with Gasteiger partial charge in [0.15, 0.2) is 18.1 Å². The summed E-state index contributed by atoms with van der Waals surface area (Å²) in [6, 6.07) is 21.2. The third-order valence-corrected chi connectivity index (χ3v) is 5.23. The van der Waals surface area contributed by atoms with E-state index < -0.39 is 0 Å². The average Bonchev–Trinajstić information content (AvgIpc) is 3.24. The van der Waals surface area contributed by atoms with E-state index in [1.165, 1.54) is 5.56 Å². The van der Waals surface area contributed by atoms with Crippen LogP contribution in [0.15, 0.2) is 66.7 Å². The van der Waals surface area contributed by atoms with Crippen LogP contribution in [0.2, 0.25) is 5.02 Å². The Morgan fingerprint density at radius 3 is 2.56 bits per heavy atom. The summed E-state index contributed by atoms with van der Waals surface area (Å²) in [5.74, 6) is 1.35. The molecule has 0 bridgehead atoms. The molecular weight excluding hydrogens is 426 g/mol. The number of rotatable bonds is 9. The Hall–Kier alpha value is -3.51. The van der Waals surface area contributed by atoms with Gasteiger partial charge in [-0.05, 0) is 37.1 Å². The van der Waals surface area contributed by atoms with E-state index in [9.17, 15) is 4.79 Å². The van der Waals surface area contributed by atoms with Crippen molar-refractivity contribution < 1.29 is 14.3 Å².